The number of benzene rings is 1. The third kappa shape index (κ3) is 9.45. The third-order valence-corrected chi connectivity index (χ3v) is 2.94. The van der Waals surface area contributed by atoms with Crippen LogP contribution in [0, 0.1) is 12.8 Å². The molecule has 1 unspecified atom stereocenters. The number of ether oxygens (including phenoxy) is 2. The molecular weight excluding hydrogens is 266 g/mol. The number of hydrogen-bond acceptors (Lipinski definition) is 4. The van der Waals surface area contributed by atoms with Crippen LogP contribution in [-0.4, -0.2) is 44.1 Å². The Balaban J connectivity index is 1.98. The molecule has 4 nitrogen and oxygen atoms in total. The van der Waals surface area contributed by atoms with Crippen molar-refractivity contribution in [2.24, 2.45) is 5.92 Å². The Kier molecular flexibility index (Phi) is 9.06. The first-order valence-electron chi connectivity index (χ1n) is 7.74. The maximum absolute atomic E-state index is 9.82. The molecule has 1 aromatic carbocycles. The average molecular weight is 295 g/mol. The average Bonchev–Trinajstić information content (AvgIpc) is 2.45. The molecule has 4 heteroatoms. The second kappa shape index (κ2) is 10.6. The molecular formula is C17H29NO3. The molecule has 0 fully saturated rings. The van der Waals surface area contributed by atoms with Crippen LogP contribution in [0.1, 0.15) is 25.8 Å². The lowest BCUT2D eigenvalue weighted by atomic mass is 10.2. The van der Waals surface area contributed by atoms with E-state index in [4.69, 9.17) is 9.47 Å². The molecule has 0 aliphatic rings. The molecule has 0 heterocycles. The first kappa shape index (κ1) is 18.0. The first-order valence-corrected chi connectivity index (χ1v) is 7.74. The van der Waals surface area contributed by atoms with E-state index in [1.54, 1.807) is 0 Å². The van der Waals surface area contributed by atoms with Crippen molar-refractivity contribution >= 4 is 0 Å². The molecule has 1 aromatic rings. The lowest BCUT2D eigenvalue weighted by Crippen LogP contribution is -2.32. The molecule has 0 saturated carbocycles. The summed E-state index contributed by atoms with van der Waals surface area (Å²) in [7, 11) is 0. The van der Waals surface area contributed by atoms with Gasteiger partial charge in [0, 0.05) is 19.8 Å². The van der Waals surface area contributed by atoms with Gasteiger partial charge < -0.3 is 19.9 Å². The number of aryl methyl sites for hydroxylation is 1. The molecule has 0 bridgehead atoms. The standard InChI is InChI=1S/C17H29NO3/c1-14(2)12-20-10-4-9-18-11-16(19)13-21-17-7-5-15(3)6-8-17/h5-8,14,16,18-19H,4,9-13H2,1-3H3. The van der Waals surface area contributed by atoms with Crippen molar-refractivity contribution in [1.29, 1.82) is 0 Å². The van der Waals surface area contributed by atoms with Crippen molar-refractivity contribution in [3.63, 3.8) is 0 Å². The summed E-state index contributed by atoms with van der Waals surface area (Å²) in [5, 5.41) is 13.0. The summed E-state index contributed by atoms with van der Waals surface area (Å²) in [6, 6.07) is 7.83. The number of aliphatic hydroxyl groups excluding tert-OH is 1. The number of hydrogen-bond donors (Lipinski definition) is 2. The molecule has 1 rings (SSSR count). The van der Waals surface area contributed by atoms with Crippen molar-refractivity contribution in [2.75, 3.05) is 32.9 Å². The van der Waals surface area contributed by atoms with Crippen LogP contribution >= 0.6 is 0 Å². The zero-order valence-electron chi connectivity index (χ0n) is 13.5. The largest absolute Gasteiger partial charge is 0.491 e. The minimum Gasteiger partial charge on any atom is -0.491 e. The fraction of sp³-hybridized carbons (Fsp3) is 0.647. The van der Waals surface area contributed by atoms with Crippen LogP contribution in [-0.2, 0) is 4.74 Å². The van der Waals surface area contributed by atoms with Crippen LogP contribution in [0.5, 0.6) is 5.75 Å². The summed E-state index contributed by atoms with van der Waals surface area (Å²) in [4.78, 5) is 0. The summed E-state index contributed by atoms with van der Waals surface area (Å²) >= 11 is 0. The van der Waals surface area contributed by atoms with Gasteiger partial charge in [0.15, 0.2) is 0 Å². The summed E-state index contributed by atoms with van der Waals surface area (Å²) in [5.41, 5.74) is 1.20. The minimum absolute atomic E-state index is 0.305. The maximum atomic E-state index is 9.82. The topological polar surface area (TPSA) is 50.7 Å². The van der Waals surface area contributed by atoms with Crippen molar-refractivity contribution < 1.29 is 14.6 Å². The molecule has 120 valence electrons. The molecule has 2 N–H and O–H groups in total. The lowest BCUT2D eigenvalue weighted by molar-refractivity contribution is 0.0980. The summed E-state index contributed by atoms with van der Waals surface area (Å²) in [5.74, 6) is 1.38. The molecule has 1 atom stereocenters. The monoisotopic (exact) mass is 295 g/mol. The first-order chi connectivity index (χ1) is 10.1. The normalized spacial score (nSPS) is 12.6. The Morgan fingerprint density at radius 1 is 1.14 bits per heavy atom. The zero-order valence-corrected chi connectivity index (χ0v) is 13.5. The molecule has 21 heavy (non-hydrogen) atoms. The van der Waals surface area contributed by atoms with Gasteiger partial charge in [0.1, 0.15) is 18.5 Å². The highest BCUT2D eigenvalue weighted by molar-refractivity contribution is 5.26. The molecule has 0 aromatic heterocycles. The number of rotatable bonds is 11. The predicted molar refractivity (Wildman–Crippen MR) is 85.8 cm³/mol. The lowest BCUT2D eigenvalue weighted by Gasteiger charge is -2.13. The van der Waals surface area contributed by atoms with E-state index in [0.717, 1.165) is 31.9 Å². The van der Waals surface area contributed by atoms with Crippen LogP contribution in [0.2, 0.25) is 0 Å². The van der Waals surface area contributed by atoms with Gasteiger partial charge in [-0.2, -0.15) is 0 Å². The zero-order chi connectivity index (χ0) is 15.5. The second-order valence-corrected chi connectivity index (χ2v) is 5.80. The molecule has 0 amide bonds. The molecule has 0 aliphatic heterocycles. The third-order valence-electron chi connectivity index (χ3n) is 2.94. The second-order valence-electron chi connectivity index (χ2n) is 5.80. The van der Waals surface area contributed by atoms with E-state index in [1.165, 1.54) is 5.56 Å². The van der Waals surface area contributed by atoms with Gasteiger partial charge in [0.25, 0.3) is 0 Å². The quantitative estimate of drug-likeness (QED) is 0.616. The van der Waals surface area contributed by atoms with Crippen LogP contribution in [0.25, 0.3) is 0 Å². The van der Waals surface area contributed by atoms with Crippen LogP contribution in [0.4, 0.5) is 0 Å². The SMILES string of the molecule is Cc1ccc(OCC(O)CNCCCOCC(C)C)cc1. The predicted octanol–water partition coefficient (Wildman–Crippen LogP) is 2.39. The molecule has 0 saturated heterocycles. The van der Waals surface area contributed by atoms with E-state index >= 15 is 0 Å². The Labute approximate surface area is 128 Å². The Morgan fingerprint density at radius 2 is 1.86 bits per heavy atom. The highest BCUT2D eigenvalue weighted by atomic mass is 16.5. The Bertz CT molecular complexity index is 365. The van der Waals surface area contributed by atoms with Gasteiger partial charge in [-0.1, -0.05) is 31.5 Å². The van der Waals surface area contributed by atoms with Gasteiger partial charge in [-0.05, 0) is 37.9 Å². The smallest absolute Gasteiger partial charge is 0.119 e. The minimum atomic E-state index is -0.497. The summed E-state index contributed by atoms with van der Waals surface area (Å²) in [6.45, 7) is 9.59. The van der Waals surface area contributed by atoms with Gasteiger partial charge in [-0.25, -0.2) is 0 Å². The van der Waals surface area contributed by atoms with Gasteiger partial charge in [0.05, 0.1) is 0 Å². The molecule has 0 radical (unpaired) electrons. The van der Waals surface area contributed by atoms with Crippen molar-refractivity contribution in [3.05, 3.63) is 29.8 Å². The Hall–Kier alpha value is -1.10. The van der Waals surface area contributed by atoms with Crippen LogP contribution in [0.15, 0.2) is 24.3 Å². The number of aliphatic hydroxyl groups is 1. The summed E-state index contributed by atoms with van der Waals surface area (Å²) in [6.07, 6.45) is 0.459. The fourth-order valence-corrected chi connectivity index (χ4v) is 1.77. The Morgan fingerprint density at radius 3 is 2.52 bits per heavy atom. The van der Waals surface area contributed by atoms with Gasteiger partial charge in [-0.15, -0.1) is 0 Å². The van der Waals surface area contributed by atoms with Crippen LogP contribution < -0.4 is 10.1 Å². The maximum Gasteiger partial charge on any atom is 0.119 e. The van der Waals surface area contributed by atoms with E-state index < -0.39 is 6.10 Å². The van der Waals surface area contributed by atoms with Crippen molar-refractivity contribution in [2.45, 2.75) is 33.3 Å². The van der Waals surface area contributed by atoms with Gasteiger partial charge in [-0.3, -0.25) is 0 Å². The van der Waals surface area contributed by atoms with Crippen LogP contribution in [0.3, 0.4) is 0 Å². The summed E-state index contributed by atoms with van der Waals surface area (Å²) < 4.78 is 11.0. The van der Waals surface area contributed by atoms with E-state index in [2.05, 4.69) is 19.2 Å². The molecule has 0 spiro atoms. The van der Waals surface area contributed by atoms with Gasteiger partial charge >= 0.3 is 0 Å². The number of nitrogens with one attached hydrogen (secondary N) is 1. The van der Waals surface area contributed by atoms with E-state index in [0.29, 0.717) is 19.1 Å². The molecule has 0 aliphatic carbocycles. The van der Waals surface area contributed by atoms with Gasteiger partial charge in [0.2, 0.25) is 0 Å². The fourth-order valence-electron chi connectivity index (χ4n) is 1.77. The van der Waals surface area contributed by atoms with E-state index in [-0.39, 0.29) is 0 Å². The van der Waals surface area contributed by atoms with E-state index in [9.17, 15) is 5.11 Å². The highest BCUT2D eigenvalue weighted by Crippen LogP contribution is 2.11. The highest BCUT2D eigenvalue weighted by Gasteiger charge is 2.04. The van der Waals surface area contributed by atoms with E-state index in [1.807, 2.05) is 31.2 Å². The van der Waals surface area contributed by atoms with Crippen molar-refractivity contribution in [1.82, 2.24) is 5.32 Å². The van der Waals surface area contributed by atoms with Crippen molar-refractivity contribution in [3.8, 4) is 5.75 Å².